The molecule has 114 valence electrons. The van der Waals surface area contributed by atoms with Crippen molar-refractivity contribution in [3.8, 4) is 0 Å². The lowest BCUT2D eigenvalue weighted by Crippen LogP contribution is -2.43. The molecule has 1 atom stereocenters. The van der Waals surface area contributed by atoms with Gasteiger partial charge < -0.3 is 9.84 Å². The zero-order valence-electron chi connectivity index (χ0n) is 12.0. The Kier molecular flexibility index (Phi) is 6.75. The molecule has 0 bridgehead atoms. The van der Waals surface area contributed by atoms with E-state index in [-0.39, 0.29) is 12.8 Å². The van der Waals surface area contributed by atoms with E-state index in [1.807, 2.05) is 6.92 Å². The van der Waals surface area contributed by atoms with Gasteiger partial charge in [0.05, 0.1) is 0 Å². The topological polar surface area (TPSA) is 80.7 Å². The minimum Gasteiger partial charge on any atom is -0.441 e. The molecule has 5 nitrogen and oxygen atoms in total. The van der Waals surface area contributed by atoms with Crippen molar-refractivity contribution >= 4 is 18.5 Å². The van der Waals surface area contributed by atoms with E-state index in [0.717, 1.165) is 6.42 Å². The summed E-state index contributed by atoms with van der Waals surface area (Å²) in [5.74, 6) is -0.946. The lowest BCUT2D eigenvalue weighted by molar-refractivity contribution is -0.172. The largest absolute Gasteiger partial charge is 0.441 e. The summed E-state index contributed by atoms with van der Waals surface area (Å²) >= 11 is 0. The number of carbonyl (C=O) groups excluding carboxylic acids is 3. The van der Waals surface area contributed by atoms with Crippen LogP contribution in [0.5, 0.6) is 0 Å². The lowest BCUT2D eigenvalue weighted by atomic mass is 9.97. The van der Waals surface area contributed by atoms with E-state index in [1.54, 1.807) is 30.3 Å². The highest BCUT2D eigenvalue weighted by Gasteiger charge is 2.36. The van der Waals surface area contributed by atoms with Crippen LogP contribution in [0.2, 0.25) is 0 Å². The number of ether oxygens (including phenoxy) is 1. The highest BCUT2D eigenvalue weighted by Crippen LogP contribution is 2.16. The molecule has 0 aliphatic carbocycles. The number of rotatable bonds is 9. The standard InChI is InChI=1S/C16H20O5/c1-2-3-9-14(19)15(20)21-16(11-17,12-18)10-13-7-5-4-6-8-13/h4-8,11-12,14,19H,2-3,9-10H2,1H3. The van der Waals surface area contributed by atoms with Crippen molar-refractivity contribution in [2.45, 2.75) is 44.3 Å². The van der Waals surface area contributed by atoms with Crippen molar-refractivity contribution in [3.05, 3.63) is 35.9 Å². The molecule has 1 aromatic carbocycles. The fourth-order valence-corrected chi connectivity index (χ4v) is 1.88. The van der Waals surface area contributed by atoms with Gasteiger partial charge in [-0.05, 0) is 12.0 Å². The molecule has 0 fully saturated rings. The number of esters is 1. The third-order valence-corrected chi connectivity index (χ3v) is 3.12. The van der Waals surface area contributed by atoms with Crippen LogP contribution in [-0.4, -0.2) is 35.4 Å². The van der Waals surface area contributed by atoms with Gasteiger partial charge in [-0.2, -0.15) is 0 Å². The van der Waals surface area contributed by atoms with Gasteiger partial charge in [0, 0.05) is 6.42 Å². The van der Waals surface area contributed by atoms with E-state index < -0.39 is 17.7 Å². The molecule has 0 spiro atoms. The molecule has 0 amide bonds. The zero-order valence-corrected chi connectivity index (χ0v) is 12.0. The van der Waals surface area contributed by atoms with E-state index in [4.69, 9.17) is 4.74 Å². The molecule has 1 N–H and O–H groups in total. The van der Waals surface area contributed by atoms with Crippen LogP contribution >= 0.6 is 0 Å². The first-order valence-corrected chi connectivity index (χ1v) is 6.94. The minimum absolute atomic E-state index is 0.0485. The zero-order chi connectivity index (χ0) is 15.7. The predicted molar refractivity (Wildman–Crippen MR) is 76.6 cm³/mol. The van der Waals surface area contributed by atoms with E-state index in [9.17, 15) is 19.5 Å². The average molecular weight is 292 g/mol. The highest BCUT2D eigenvalue weighted by atomic mass is 16.6. The summed E-state index contributed by atoms with van der Waals surface area (Å²) in [6, 6.07) is 8.76. The number of aliphatic hydroxyl groups is 1. The van der Waals surface area contributed by atoms with Crippen molar-refractivity contribution in [2.75, 3.05) is 0 Å². The third kappa shape index (κ3) is 5.11. The van der Waals surface area contributed by atoms with Gasteiger partial charge in [-0.1, -0.05) is 50.1 Å². The van der Waals surface area contributed by atoms with Crippen LogP contribution in [0.15, 0.2) is 30.3 Å². The Hall–Kier alpha value is -2.01. The smallest absolute Gasteiger partial charge is 0.336 e. The summed E-state index contributed by atoms with van der Waals surface area (Å²) in [7, 11) is 0. The van der Waals surface area contributed by atoms with Crippen molar-refractivity contribution in [2.24, 2.45) is 0 Å². The van der Waals surface area contributed by atoms with Gasteiger partial charge in [0.1, 0.15) is 0 Å². The molecule has 1 aromatic rings. The first-order chi connectivity index (χ1) is 10.1. The summed E-state index contributed by atoms with van der Waals surface area (Å²) in [5, 5.41) is 9.66. The Bertz CT molecular complexity index is 461. The van der Waals surface area contributed by atoms with Gasteiger partial charge in [0.2, 0.25) is 5.60 Å². The normalized spacial score (nSPS) is 12.5. The molecular formula is C16H20O5. The average Bonchev–Trinajstić information content (AvgIpc) is 2.52. The summed E-state index contributed by atoms with van der Waals surface area (Å²) in [5.41, 5.74) is -1.20. The quantitative estimate of drug-likeness (QED) is 0.423. The molecule has 5 heteroatoms. The summed E-state index contributed by atoms with van der Waals surface area (Å²) < 4.78 is 4.97. The Balaban J connectivity index is 2.78. The molecule has 0 radical (unpaired) electrons. The van der Waals surface area contributed by atoms with Gasteiger partial charge in [-0.25, -0.2) is 4.79 Å². The first-order valence-electron chi connectivity index (χ1n) is 6.94. The Labute approximate surface area is 123 Å². The molecule has 0 saturated heterocycles. The van der Waals surface area contributed by atoms with E-state index in [2.05, 4.69) is 0 Å². The maximum atomic E-state index is 11.8. The second-order valence-corrected chi connectivity index (χ2v) is 4.93. The van der Waals surface area contributed by atoms with E-state index in [0.29, 0.717) is 24.6 Å². The fraction of sp³-hybridized carbons (Fsp3) is 0.438. The molecule has 0 aromatic heterocycles. The lowest BCUT2D eigenvalue weighted by Gasteiger charge is -2.23. The van der Waals surface area contributed by atoms with Crippen molar-refractivity contribution in [1.29, 1.82) is 0 Å². The number of aldehydes is 2. The number of benzene rings is 1. The van der Waals surface area contributed by atoms with Crippen LogP contribution in [0, 0.1) is 0 Å². The van der Waals surface area contributed by atoms with Gasteiger partial charge in [0.15, 0.2) is 18.7 Å². The fourth-order valence-electron chi connectivity index (χ4n) is 1.88. The Morgan fingerprint density at radius 3 is 2.43 bits per heavy atom. The van der Waals surface area contributed by atoms with Gasteiger partial charge in [-0.3, -0.25) is 9.59 Å². The highest BCUT2D eigenvalue weighted by molar-refractivity contribution is 5.92. The molecule has 21 heavy (non-hydrogen) atoms. The van der Waals surface area contributed by atoms with Crippen LogP contribution in [-0.2, 0) is 25.5 Å². The summed E-state index contributed by atoms with van der Waals surface area (Å²) in [4.78, 5) is 34.3. The molecule has 0 aliphatic heterocycles. The second kappa shape index (κ2) is 8.32. The van der Waals surface area contributed by atoms with Crippen molar-refractivity contribution in [1.82, 2.24) is 0 Å². The summed E-state index contributed by atoms with van der Waals surface area (Å²) in [6.45, 7) is 1.93. The number of carbonyl (C=O) groups is 3. The number of hydrogen-bond acceptors (Lipinski definition) is 5. The van der Waals surface area contributed by atoms with Crippen molar-refractivity contribution < 1.29 is 24.2 Å². The SMILES string of the molecule is CCCCC(O)C(=O)OC(C=O)(C=O)Cc1ccccc1. The third-order valence-electron chi connectivity index (χ3n) is 3.12. The van der Waals surface area contributed by atoms with Gasteiger partial charge in [0.25, 0.3) is 0 Å². The molecular weight excluding hydrogens is 272 g/mol. The summed E-state index contributed by atoms with van der Waals surface area (Å²) in [6.07, 6.45) is 0.960. The predicted octanol–water partition coefficient (Wildman–Crippen LogP) is 1.46. The molecule has 1 rings (SSSR count). The minimum atomic E-state index is -1.88. The molecule has 1 unspecified atom stereocenters. The maximum absolute atomic E-state index is 11.8. The first kappa shape index (κ1) is 17.0. The van der Waals surface area contributed by atoms with Crippen LogP contribution < -0.4 is 0 Å². The van der Waals surface area contributed by atoms with Crippen molar-refractivity contribution in [3.63, 3.8) is 0 Å². The van der Waals surface area contributed by atoms with Crippen LogP contribution in [0.25, 0.3) is 0 Å². The molecule has 0 aliphatic rings. The maximum Gasteiger partial charge on any atom is 0.336 e. The van der Waals surface area contributed by atoms with Gasteiger partial charge >= 0.3 is 5.97 Å². The van der Waals surface area contributed by atoms with Gasteiger partial charge in [-0.15, -0.1) is 0 Å². The number of unbranched alkanes of at least 4 members (excludes halogenated alkanes) is 1. The monoisotopic (exact) mass is 292 g/mol. The molecule has 0 heterocycles. The second-order valence-electron chi connectivity index (χ2n) is 4.93. The van der Waals surface area contributed by atoms with E-state index >= 15 is 0 Å². The van der Waals surface area contributed by atoms with Crippen LogP contribution in [0.3, 0.4) is 0 Å². The van der Waals surface area contributed by atoms with E-state index in [1.165, 1.54) is 0 Å². The number of hydrogen-bond donors (Lipinski definition) is 1. The Morgan fingerprint density at radius 2 is 1.90 bits per heavy atom. The van der Waals surface area contributed by atoms with Crippen LogP contribution in [0.4, 0.5) is 0 Å². The van der Waals surface area contributed by atoms with Crippen LogP contribution in [0.1, 0.15) is 31.7 Å². The molecule has 0 saturated carbocycles. The number of aliphatic hydroxyl groups excluding tert-OH is 1. The Morgan fingerprint density at radius 1 is 1.29 bits per heavy atom.